The molecular weight excluding hydrogens is 606 g/mol. The fourth-order valence-corrected chi connectivity index (χ4v) is 6.22. The first-order valence-electron chi connectivity index (χ1n) is 21.0. The number of ether oxygens (including phenoxy) is 2. The van der Waals surface area contributed by atoms with E-state index in [9.17, 15) is 9.59 Å². The Balaban J connectivity index is 4.10. The van der Waals surface area contributed by atoms with Gasteiger partial charge in [0.05, 0.1) is 14.1 Å². The van der Waals surface area contributed by atoms with Gasteiger partial charge in [0.1, 0.15) is 0 Å². The molecule has 0 aliphatic carbocycles. The van der Waals surface area contributed by atoms with Crippen LogP contribution in [0.4, 0.5) is 0 Å². The number of hydrogen-bond donors (Lipinski definition) is 0. The van der Waals surface area contributed by atoms with Crippen LogP contribution in [-0.2, 0) is 19.1 Å². The predicted octanol–water partition coefficient (Wildman–Crippen LogP) is 13.7. The lowest BCUT2D eigenvalue weighted by Crippen LogP contribution is -2.69. The van der Waals surface area contributed by atoms with E-state index in [2.05, 4.69) is 38.2 Å². The Morgan fingerprint density at radius 3 is 0.959 bits per heavy atom. The van der Waals surface area contributed by atoms with Crippen molar-refractivity contribution in [2.45, 2.75) is 233 Å². The molecule has 288 valence electrons. The van der Waals surface area contributed by atoms with Crippen LogP contribution in [0.1, 0.15) is 221 Å². The van der Waals surface area contributed by atoms with Gasteiger partial charge in [-0.15, -0.1) is 0 Å². The monoisotopic (exact) mass is 691 g/mol. The second-order valence-electron chi connectivity index (χ2n) is 16.0. The maximum absolute atomic E-state index is 12.8. The van der Waals surface area contributed by atoms with Gasteiger partial charge in [-0.1, -0.05) is 141 Å². The zero-order valence-electron chi connectivity index (χ0n) is 34.2. The van der Waals surface area contributed by atoms with Crippen LogP contribution in [0.5, 0.6) is 0 Å². The number of esters is 2. The number of carbonyl (C=O) groups excluding carboxylic acids is 2. The first-order chi connectivity index (χ1) is 23.4. The summed E-state index contributed by atoms with van der Waals surface area (Å²) < 4.78 is 12.2. The number of hydrogen-bond acceptors (Lipinski definition) is 4. The van der Waals surface area contributed by atoms with Crippen molar-refractivity contribution >= 4 is 11.9 Å². The van der Waals surface area contributed by atoms with Crippen LogP contribution < -0.4 is 0 Å². The van der Waals surface area contributed by atoms with Gasteiger partial charge in [-0.2, -0.15) is 0 Å². The number of allylic oxidation sites excluding steroid dienone is 4. The van der Waals surface area contributed by atoms with Gasteiger partial charge in [-0.3, -0.25) is 14.1 Å². The molecule has 0 spiro atoms. The Morgan fingerprint density at radius 1 is 0.429 bits per heavy atom. The Bertz CT molecular complexity index is 789. The standard InChI is InChI=1S/C44H84NO4/c1-9-11-13-15-17-19-21-23-25-27-29-31-33-35-37-39-41(46)48-43(3,4)45(7,8)44(5,6)49-42(47)40-38-36-34-32-30-28-26-24-22-20-18-16-14-12-10-2/h23-26H,9-22,27-40H2,1-8H3/q+1/b25-23-,26-24-. The largest absolute Gasteiger partial charge is 0.410 e. The minimum atomic E-state index is -0.841. The molecule has 0 aromatic rings. The molecule has 5 heteroatoms. The molecule has 0 saturated carbocycles. The van der Waals surface area contributed by atoms with Crippen molar-refractivity contribution in [3.05, 3.63) is 24.3 Å². The molecule has 0 aromatic carbocycles. The third kappa shape index (κ3) is 25.1. The van der Waals surface area contributed by atoms with Crippen molar-refractivity contribution in [2.24, 2.45) is 0 Å². The van der Waals surface area contributed by atoms with Crippen molar-refractivity contribution in [1.29, 1.82) is 0 Å². The molecule has 5 nitrogen and oxygen atoms in total. The van der Waals surface area contributed by atoms with Crippen LogP contribution in [0.3, 0.4) is 0 Å². The minimum absolute atomic E-state index is 0.177. The van der Waals surface area contributed by atoms with E-state index in [0.29, 0.717) is 12.8 Å². The summed E-state index contributed by atoms with van der Waals surface area (Å²) in [4.78, 5) is 25.6. The minimum Gasteiger partial charge on any atom is -0.410 e. The molecule has 0 saturated heterocycles. The molecule has 0 fully saturated rings. The van der Waals surface area contributed by atoms with E-state index in [1.54, 1.807) is 0 Å². The summed E-state index contributed by atoms with van der Waals surface area (Å²) in [6, 6.07) is 0. The highest BCUT2D eigenvalue weighted by Gasteiger charge is 2.52. The normalized spacial score (nSPS) is 12.7. The average Bonchev–Trinajstić information content (AvgIpc) is 3.04. The Morgan fingerprint density at radius 2 is 0.673 bits per heavy atom. The number of quaternary nitrogens is 1. The van der Waals surface area contributed by atoms with Crippen LogP contribution in [0.25, 0.3) is 0 Å². The van der Waals surface area contributed by atoms with E-state index < -0.39 is 11.4 Å². The second kappa shape index (κ2) is 30.0. The van der Waals surface area contributed by atoms with Gasteiger partial charge in [-0.05, 0) is 64.2 Å². The van der Waals surface area contributed by atoms with Crippen molar-refractivity contribution in [3.63, 3.8) is 0 Å². The molecule has 0 bridgehead atoms. The molecule has 0 rings (SSSR count). The molecule has 0 N–H and O–H groups in total. The highest BCUT2D eigenvalue weighted by Crippen LogP contribution is 2.34. The maximum Gasteiger partial charge on any atom is 0.310 e. The van der Waals surface area contributed by atoms with E-state index in [1.165, 1.54) is 116 Å². The third-order valence-electron chi connectivity index (χ3n) is 10.7. The van der Waals surface area contributed by atoms with E-state index in [-0.39, 0.29) is 16.4 Å². The molecule has 0 heterocycles. The summed E-state index contributed by atoms with van der Waals surface area (Å²) in [5.41, 5.74) is -1.68. The van der Waals surface area contributed by atoms with E-state index in [4.69, 9.17) is 9.47 Å². The lowest BCUT2D eigenvalue weighted by atomic mass is 10.1. The topological polar surface area (TPSA) is 52.6 Å². The molecule has 0 radical (unpaired) electrons. The number of unbranched alkanes of at least 4 members (excludes halogenated alkanes) is 22. The average molecular weight is 691 g/mol. The zero-order chi connectivity index (χ0) is 36.7. The van der Waals surface area contributed by atoms with Gasteiger partial charge in [0.2, 0.25) is 11.4 Å². The lowest BCUT2D eigenvalue weighted by molar-refractivity contribution is -1.02. The second-order valence-corrected chi connectivity index (χ2v) is 16.0. The van der Waals surface area contributed by atoms with Gasteiger partial charge < -0.3 is 9.47 Å². The molecule has 0 aliphatic heterocycles. The summed E-state index contributed by atoms with van der Waals surface area (Å²) >= 11 is 0. The molecule has 49 heavy (non-hydrogen) atoms. The highest BCUT2D eigenvalue weighted by molar-refractivity contribution is 5.70. The van der Waals surface area contributed by atoms with Gasteiger partial charge in [0.15, 0.2) is 0 Å². The van der Waals surface area contributed by atoms with Gasteiger partial charge in [0.25, 0.3) is 0 Å². The van der Waals surface area contributed by atoms with E-state index >= 15 is 0 Å². The maximum atomic E-state index is 12.8. The number of carbonyl (C=O) groups is 2. The summed E-state index contributed by atoms with van der Waals surface area (Å²) in [6.07, 6.45) is 42.3. The zero-order valence-corrected chi connectivity index (χ0v) is 34.2. The lowest BCUT2D eigenvalue weighted by Gasteiger charge is -2.51. The van der Waals surface area contributed by atoms with E-state index in [0.717, 1.165) is 51.4 Å². The molecule has 0 atom stereocenters. The third-order valence-corrected chi connectivity index (χ3v) is 10.7. The van der Waals surface area contributed by atoms with Crippen molar-refractivity contribution in [2.75, 3.05) is 14.1 Å². The SMILES string of the molecule is CCCCCCCC/C=C\CCCCCCCC(=O)OC(C)(C)[N+](C)(C)C(C)(C)OC(=O)CCCCCCC/C=C\CCCCCCCC. The van der Waals surface area contributed by atoms with Crippen LogP contribution >= 0.6 is 0 Å². The fourth-order valence-electron chi connectivity index (χ4n) is 6.22. The Labute approximate surface area is 306 Å². The van der Waals surface area contributed by atoms with E-state index in [1.807, 2.05) is 41.8 Å². The predicted molar refractivity (Wildman–Crippen MR) is 211 cm³/mol. The summed E-state index contributed by atoms with van der Waals surface area (Å²) in [7, 11) is 3.95. The molecule has 0 amide bonds. The number of nitrogens with zero attached hydrogens (tertiary/aromatic N) is 1. The molecule has 0 aliphatic rings. The van der Waals surface area contributed by atoms with Crippen LogP contribution in [-0.4, -0.2) is 42.0 Å². The first-order valence-corrected chi connectivity index (χ1v) is 21.0. The van der Waals surface area contributed by atoms with Crippen LogP contribution in [0.2, 0.25) is 0 Å². The molecule has 0 unspecified atom stereocenters. The summed E-state index contributed by atoms with van der Waals surface area (Å²) in [6.45, 7) is 12.2. The molecular formula is C44H84NO4+. The summed E-state index contributed by atoms with van der Waals surface area (Å²) in [5, 5.41) is 0. The molecule has 0 aromatic heterocycles. The quantitative estimate of drug-likeness (QED) is 0.0222. The van der Waals surface area contributed by atoms with Crippen LogP contribution in [0.15, 0.2) is 24.3 Å². The smallest absolute Gasteiger partial charge is 0.310 e. The number of rotatable bonds is 34. The van der Waals surface area contributed by atoms with Crippen molar-refractivity contribution < 1.29 is 23.5 Å². The first kappa shape index (κ1) is 47.4. The van der Waals surface area contributed by atoms with Crippen molar-refractivity contribution in [1.82, 2.24) is 0 Å². The van der Waals surface area contributed by atoms with Gasteiger partial charge in [-0.25, -0.2) is 0 Å². The van der Waals surface area contributed by atoms with Crippen LogP contribution in [0, 0.1) is 0 Å². The Kier molecular flexibility index (Phi) is 29.1. The fraction of sp³-hybridized carbons (Fsp3) is 0.864. The highest BCUT2D eigenvalue weighted by atomic mass is 16.6. The summed E-state index contributed by atoms with van der Waals surface area (Å²) in [5.74, 6) is -0.353. The van der Waals surface area contributed by atoms with Gasteiger partial charge in [0, 0.05) is 40.5 Å². The van der Waals surface area contributed by atoms with Crippen molar-refractivity contribution in [3.8, 4) is 0 Å². The Hall–Kier alpha value is -1.62. The van der Waals surface area contributed by atoms with Gasteiger partial charge >= 0.3 is 11.9 Å².